The molecule has 1 aromatic carbocycles. The van der Waals surface area contributed by atoms with Crippen LogP contribution in [-0.4, -0.2) is 26.0 Å². The Labute approximate surface area is 122 Å². The van der Waals surface area contributed by atoms with Gasteiger partial charge in [0.2, 0.25) is 0 Å². The Bertz CT molecular complexity index is 623. The molecular formula is C16H18N2O3. The number of nitrogens with zero attached hydrogens (tertiary/aromatic N) is 2. The minimum absolute atomic E-state index is 0.226. The molecule has 0 spiro atoms. The zero-order chi connectivity index (χ0) is 14.8. The number of aliphatic hydroxyl groups is 1. The summed E-state index contributed by atoms with van der Waals surface area (Å²) in [6.45, 7) is 0. The van der Waals surface area contributed by atoms with Gasteiger partial charge in [0.1, 0.15) is 0 Å². The molecule has 0 aliphatic heterocycles. The lowest BCUT2D eigenvalue weighted by molar-refractivity contribution is -0.144. The molecule has 3 rings (SSSR count). The number of hydrogen-bond donors (Lipinski definition) is 2. The molecule has 1 heterocycles. The minimum Gasteiger partial charge on any atom is -0.481 e. The second-order valence-electron chi connectivity index (χ2n) is 5.54. The summed E-state index contributed by atoms with van der Waals surface area (Å²) in [5.74, 6) is -1.50. The van der Waals surface area contributed by atoms with Crippen molar-refractivity contribution in [2.24, 2.45) is 11.8 Å². The van der Waals surface area contributed by atoms with Gasteiger partial charge >= 0.3 is 5.97 Å². The Hall–Kier alpha value is -2.14. The molecule has 5 nitrogen and oxygen atoms in total. The number of carbonyl (C=O) groups is 1. The predicted molar refractivity (Wildman–Crippen MR) is 77.0 cm³/mol. The highest BCUT2D eigenvalue weighted by atomic mass is 16.4. The zero-order valence-corrected chi connectivity index (χ0v) is 11.6. The van der Waals surface area contributed by atoms with Crippen LogP contribution in [0.1, 0.15) is 30.9 Å². The molecule has 1 aliphatic rings. The van der Waals surface area contributed by atoms with E-state index in [0.717, 1.165) is 18.5 Å². The van der Waals surface area contributed by atoms with Crippen LogP contribution in [0.3, 0.4) is 0 Å². The van der Waals surface area contributed by atoms with Crippen LogP contribution < -0.4 is 0 Å². The molecule has 0 saturated heterocycles. The van der Waals surface area contributed by atoms with Crippen LogP contribution in [0.5, 0.6) is 0 Å². The minimum atomic E-state index is -0.813. The van der Waals surface area contributed by atoms with Crippen molar-refractivity contribution in [2.45, 2.75) is 25.4 Å². The summed E-state index contributed by atoms with van der Waals surface area (Å²) in [5.41, 5.74) is 1.59. The van der Waals surface area contributed by atoms with E-state index >= 15 is 0 Å². The lowest BCUT2D eigenvalue weighted by Crippen LogP contribution is -2.23. The first-order chi connectivity index (χ1) is 10.2. The van der Waals surface area contributed by atoms with Crippen LogP contribution >= 0.6 is 0 Å². The van der Waals surface area contributed by atoms with Gasteiger partial charge in [0.25, 0.3) is 0 Å². The average molecular weight is 286 g/mol. The molecule has 1 fully saturated rings. The van der Waals surface area contributed by atoms with Crippen molar-refractivity contribution >= 4 is 5.97 Å². The Morgan fingerprint density at radius 3 is 2.76 bits per heavy atom. The van der Waals surface area contributed by atoms with Gasteiger partial charge in [-0.05, 0) is 25.0 Å². The number of aliphatic hydroxyl groups excluding tert-OH is 1. The molecule has 3 unspecified atom stereocenters. The topological polar surface area (TPSA) is 75.3 Å². The smallest absolute Gasteiger partial charge is 0.306 e. The van der Waals surface area contributed by atoms with Gasteiger partial charge in [-0.25, -0.2) is 4.68 Å². The summed E-state index contributed by atoms with van der Waals surface area (Å²) < 4.78 is 1.70. The van der Waals surface area contributed by atoms with E-state index < -0.39 is 18.0 Å². The summed E-state index contributed by atoms with van der Waals surface area (Å²) in [7, 11) is 0. The van der Waals surface area contributed by atoms with Crippen molar-refractivity contribution in [3.63, 3.8) is 0 Å². The number of benzene rings is 1. The maximum atomic E-state index is 11.2. The standard InChI is InChI=1S/C16H18N2O3/c19-15(13-7-4-8-14(13)16(20)21)11-9-17-18(10-11)12-5-2-1-3-6-12/h1-3,5-6,9-10,13-15,19H,4,7-8H2,(H,20,21). The van der Waals surface area contributed by atoms with E-state index in [-0.39, 0.29) is 5.92 Å². The highest BCUT2D eigenvalue weighted by Gasteiger charge is 2.38. The number of carboxylic acid groups (broad SMARTS) is 1. The van der Waals surface area contributed by atoms with E-state index in [1.165, 1.54) is 0 Å². The second-order valence-corrected chi connectivity index (χ2v) is 5.54. The maximum Gasteiger partial charge on any atom is 0.306 e. The third-order valence-electron chi connectivity index (χ3n) is 4.26. The number of hydrogen-bond acceptors (Lipinski definition) is 3. The quantitative estimate of drug-likeness (QED) is 0.905. The van der Waals surface area contributed by atoms with Crippen molar-refractivity contribution in [3.8, 4) is 5.69 Å². The van der Waals surface area contributed by atoms with E-state index in [4.69, 9.17) is 0 Å². The van der Waals surface area contributed by atoms with Crippen molar-refractivity contribution in [1.29, 1.82) is 0 Å². The lowest BCUT2D eigenvalue weighted by atomic mass is 9.88. The first-order valence-electron chi connectivity index (χ1n) is 7.17. The highest BCUT2D eigenvalue weighted by Crippen LogP contribution is 2.40. The normalized spacial score (nSPS) is 23.1. The van der Waals surface area contributed by atoms with Gasteiger partial charge in [-0.1, -0.05) is 24.6 Å². The number of aromatic nitrogens is 2. The fourth-order valence-corrected chi connectivity index (χ4v) is 3.13. The third-order valence-corrected chi connectivity index (χ3v) is 4.26. The molecular weight excluding hydrogens is 268 g/mol. The van der Waals surface area contributed by atoms with E-state index in [0.29, 0.717) is 12.0 Å². The molecule has 110 valence electrons. The zero-order valence-electron chi connectivity index (χ0n) is 11.6. The van der Waals surface area contributed by atoms with Gasteiger partial charge in [0.05, 0.1) is 23.9 Å². The first kappa shape index (κ1) is 13.8. The summed E-state index contributed by atoms with van der Waals surface area (Å²) in [6, 6.07) is 9.63. The van der Waals surface area contributed by atoms with Gasteiger partial charge in [-0.15, -0.1) is 0 Å². The Balaban J connectivity index is 1.81. The summed E-state index contributed by atoms with van der Waals surface area (Å²) in [5, 5.41) is 24.0. The van der Waals surface area contributed by atoms with Gasteiger partial charge < -0.3 is 10.2 Å². The van der Waals surface area contributed by atoms with Crippen molar-refractivity contribution in [3.05, 3.63) is 48.3 Å². The third kappa shape index (κ3) is 2.69. The fraction of sp³-hybridized carbons (Fsp3) is 0.375. The summed E-state index contributed by atoms with van der Waals surface area (Å²) in [6.07, 6.45) is 4.86. The molecule has 0 radical (unpaired) electrons. The molecule has 1 saturated carbocycles. The number of aliphatic carboxylic acids is 1. The number of carboxylic acids is 1. The maximum absolute atomic E-state index is 11.2. The van der Waals surface area contributed by atoms with Gasteiger partial charge in [-0.3, -0.25) is 4.79 Å². The molecule has 5 heteroatoms. The van der Waals surface area contributed by atoms with Gasteiger partial charge in [-0.2, -0.15) is 5.10 Å². The molecule has 0 bridgehead atoms. The van der Waals surface area contributed by atoms with Crippen molar-refractivity contribution in [1.82, 2.24) is 9.78 Å². The molecule has 3 atom stereocenters. The van der Waals surface area contributed by atoms with Crippen LogP contribution in [0.15, 0.2) is 42.7 Å². The molecule has 2 N–H and O–H groups in total. The predicted octanol–water partition coefficient (Wildman–Crippen LogP) is 2.41. The van der Waals surface area contributed by atoms with E-state index in [1.807, 2.05) is 30.3 Å². The number of rotatable bonds is 4. The van der Waals surface area contributed by atoms with Gasteiger partial charge in [0.15, 0.2) is 0 Å². The largest absolute Gasteiger partial charge is 0.481 e. The summed E-state index contributed by atoms with van der Waals surface area (Å²) >= 11 is 0. The number of para-hydroxylation sites is 1. The second kappa shape index (κ2) is 5.69. The van der Waals surface area contributed by atoms with Crippen molar-refractivity contribution < 1.29 is 15.0 Å². The molecule has 21 heavy (non-hydrogen) atoms. The molecule has 2 aromatic rings. The highest BCUT2D eigenvalue weighted by molar-refractivity contribution is 5.70. The van der Waals surface area contributed by atoms with Crippen LogP contribution in [0.2, 0.25) is 0 Å². The fourth-order valence-electron chi connectivity index (χ4n) is 3.13. The first-order valence-corrected chi connectivity index (χ1v) is 7.17. The Morgan fingerprint density at radius 1 is 1.29 bits per heavy atom. The molecule has 1 aromatic heterocycles. The van der Waals surface area contributed by atoms with Crippen LogP contribution in [0.25, 0.3) is 5.69 Å². The van der Waals surface area contributed by atoms with Gasteiger partial charge in [0, 0.05) is 17.7 Å². The average Bonchev–Trinajstić information content (AvgIpc) is 3.17. The monoisotopic (exact) mass is 286 g/mol. The SMILES string of the molecule is O=C(O)C1CCCC1C(O)c1cnn(-c2ccccc2)c1. The Morgan fingerprint density at radius 2 is 2.05 bits per heavy atom. The van der Waals surface area contributed by atoms with Crippen LogP contribution in [0.4, 0.5) is 0 Å². The summed E-state index contributed by atoms with van der Waals surface area (Å²) in [4.78, 5) is 11.2. The van der Waals surface area contributed by atoms with E-state index in [2.05, 4.69) is 5.10 Å². The van der Waals surface area contributed by atoms with Crippen LogP contribution in [-0.2, 0) is 4.79 Å². The van der Waals surface area contributed by atoms with E-state index in [9.17, 15) is 15.0 Å². The molecule has 0 amide bonds. The Kier molecular flexibility index (Phi) is 3.75. The van der Waals surface area contributed by atoms with E-state index in [1.54, 1.807) is 17.1 Å². The van der Waals surface area contributed by atoms with Crippen LogP contribution in [0, 0.1) is 11.8 Å². The van der Waals surface area contributed by atoms with Crippen molar-refractivity contribution in [2.75, 3.05) is 0 Å². The lowest BCUT2D eigenvalue weighted by Gasteiger charge is -2.21. The molecule has 1 aliphatic carbocycles.